The number of aldehydes is 1. The van der Waals surface area contributed by atoms with E-state index in [0.717, 1.165) is 18.7 Å². The highest BCUT2D eigenvalue weighted by atomic mass is 32.3. The van der Waals surface area contributed by atoms with E-state index in [1.807, 2.05) is 30.3 Å². The van der Waals surface area contributed by atoms with Gasteiger partial charge < -0.3 is 29.3 Å². The molecular formula is C28H27F2N3O6S. The molecule has 5 rings (SSSR count). The van der Waals surface area contributed by atoms with Gasteiger partial charge in [-0.15, -0.1) is 0 Å². The molecule has 40 heavy (non-hydrogen) atoms. The molecule has 2 aromatic heterocycles. The van der Waals surface area contributed by atoms with Gasteiger partial charge in [-0.05, 0) is 29.8 Å². The molecule has 0 aliphatic carbocycles. The van der Waals surface area contributed by atoms with Crippen LogP contribution in [-0.4, -0.2) is 55.4 Å². The molecule has 0 amide bonds. The molecule has 3 aromatic carbocycles. The number of aromatic nitrogens is 3. The van der Waals surface area contributed by atoms with Crippen LogP contribution in [0.4, 0.5) is 8.78 Å². The monoisotopic (exact) mass is 571 g/mol. The Labute approximate surface area is 229 Å². The Hall–Kier alpha value is -4.07. The van der Waals surface area contributed by atoms with E-state index in [1.165, 1.54) is 30.7 Å². The quantitative estimate of drug-likeness (QED) is 0.131. The number of nitrogens with zero attached hydrogens (tertiary/aromatic N) is 1. The zero-order valence-corrected chi connectivity index (χ0v) is 22.3. The predicted molar refractivity (Wildman–Crippen MR) is 148 cm³/mol. The summed E-state index contributed by atoms with van der Waals surface area (Å²) in [6.07, 6.45) is 4.20. The highest BCUT2D eigenvalue weighted by Crippen LogP contribution is 2.54. The maximum Gasteiger partial charge on any atom is 0.186 e. The van der Waals surface area contributed by atoms with Gasteiger partial charge in [-0.2, -0.15) is 10.6 Å². The summed E-state index contributed by atoms with van der Waals surface area (Å²) in [5.41, 5.74) is 1.66. The molecule has 12 heteroatoms. The van der Waals surface area contributed by atoms with Crippen LogP contribution in [0.5, 0.6) is 11.5 Å². The number of ether oxygens (including phenoxy) is 2. The summed E-state index contributed by atoms with van der Waals surface area (Å²) in [6.45, 7) is -0.151. The first-order valence-electron chi connectivity index (χ1n) is 11.9. The number of hydrogen-bond acceptors (Lipinski definition) is 7. The van der Waals surface area contributed by atoms with Gasteiger partial charge in [-0.25, -0.2) is 13.8 Å². The van der Waals surface area contributed by atoms with Crippen molar-refractivity contribution in [3.8, 4) is 22.9 Å². The van der Waals surface area contributed by atoms with Crippen molar-refractivity contribution in [2.75, 3.05) is 20.0 Å². The third kappa shape index (κ3) is 6.06. The predicted octanol–water partition coefficient (Wildman–Crippen LogP) is 6.28. The number of benzene rings is 3. The summed E-state index contributed by atoms with van der Waals surface area (Å²) >= 11 is 0. The van der Waals surface area contributed by atoms with E-state index in [2.05, 4.69) is 15.0 Å². The van der Waals surface area contributed by atoms with Crippen LogP contribution in [0.3, 0.4) is 0 Å². The third-order valence-corrected chi connectivity index (χ3v) is 7.01. The molecule has 0 aliphatic rings. The summed E-state index contributed by atoms with van der Waals surface area (Å²) < 4.78 is 62.3. The van der Waals surface area contributed by atoms with Crippen LogP contribution in [0.25, 0.3) is 22.3 Å². The van der Waals surface area contributed by atoms with E-state index in [4.69, 9.17) is 14.6 Å². The van der Waals surface area contributed by atoms with Gasteiger partial charge in [0.05, 0.1) is 23.0 Å². The number of rotatable bonds is 9. The second kappa shape index (κ2) is 12.4. The molecule has 9 nitrogen and oxygen atoms in total. The minimum atomic E-state index is -3.40. The van der Waals surface area contributed by atoms with E-state index in [9.17, 15) is 18.3 Å². The molecule has 1 atom stereocenters. The van der Waals surface area contributed by atoms with Crippen LogP contribution in [0.2, 0.25) is 0 Å². The van der Waals surface area contributed by atoms with E-state index in [1.54, 1.807) is 12.3 Å². The fourth-order valence-corrected chi connectivity index (χ4v) is 5.29. The number of halogens is 2. The molecule has 2 heterocycles. The molecule has 0 aliphatic heterocycles. The Morgan fingerprint density at radius 1 is 1.05 bits per heavy atom. The van der Waals surface area contributed by atoms with Crippen molar-refractivity contribution in [1.29, 1.82) is 0 Å². The lowest BCUT2D eigenvalue weighted by molar-refractivity contribution is -0.113. The lowest BCUT2D eigenvalue weighted by Gasteiger charge is -2.29. The summed E-state index contributed by atoms with van der Waals surface area (Å²) in [5, 5.41) is 7.39. The Balaban J connectivity index is 0.00000181. The maximum absolute atomic E-state index is 15.0. The Morgan fingerprint density at radius 3 is 2.50 bits per heavy atom. The van der Waals surface area contributed by atoms with Gasteiger partial charge in [0.25, 0.3) is 0 Å². The average molecular weight is 572 g/mol. The number of aromatic amines is 2. The minimum absolute atomic E-state index is 0.0312. The standard InChI is InChI=1S/C27H23F2N3O5S.CH4O/c1-38(34,35)26-18-9-10-30-22(18)14-21(29)25(26)37-17-7-8-20(28)19(13-17)27-31-15-23(32-27)24(36-12-11-33)16-5-3-2-4-6-16;1-2/h2-11,13-15,24,30,34-35H,12H2,1H3,(H,31,32);2H,1H3. The molecule has 0 bridgehead atoms. The summed E-state index contributed by atoms with van der Waals surface area (Å²) in [5.74, 6) is -1.61. The third-order valence-electron chi connectivity index (χ3n) is 5.83. The number of aliphatic hydroxyl groups is 1. The zero-order chi connectivity index (χ0) is 28.9. The van der Waals surface area contributed by atoms with Crippen molar-refractivity contribution in [3.63, 3.8) is 0 Å². The highest BCUT2D eigenvalue weighted by molar-refractivity contribution is 8.24. The van der Waals surface area contributed by atoms with Crippen molar-refractivity contribution in [2.24, 2.45) is 0 Å². The molecule has 0 saturated heterocycles. The molecular weight excluding hydrogens is 544 g/mol. The van der Waals surface area contributed by atoms with E-state index >= 15 is 4.39 Å². The first-order valence-corrected chi connectivity index (χ1v) is 13.8. The molecule has 5 N–H and O–H groups in total. The topological polar surface area (TPSA) is 141 Å². The largest absolute Gasteiger partial charge is 0.452 e. The number of H-pyrrole nitrogens is 2. The number of aliphatic hydroxyl groups excluding tert-OH is 1. The van der Waals surface area contributed by atoms with Gasteiger partial charge in [-0.1, -0.05) is 30.3 Å². The molecule has 210 valence electrons. The Morgan fingerprint density at radius 2 is 1.80 bits per heavy atom. The smallest absolute Gasteiger partial charge is 0.186 e. The van der Waals surface area contributed by atoms with Gasteiger partial charge in [-0.3, -0.25) is 9.11 Å². The second-order valence-corrected chi connectivity index (χ2v) is 10.6. The normalized spacial score (nSPS) is 12.5. The zero-order valence-electron chi connectivity index (χ0n) is 21.5. The highest BCUT2D eigenvalue weighted by Gasteiger charge is 2.25. The average Bonchev–Trinajstić information content (AvgIpc) is 3.61. The molecule has 0 radical (unpaired) electrons. The fraction of sp³-hybridized carbons (Fsp3) is 0.143. The van der Waals surface area contributed by atoms with Gasteiger partial charge in [0, 0.05) is 31.0 Å². The molecule has 0 saturated carbocycles. The number of imidazole rings is 1. The summed E-state index contributed by atoms with van der Waals surface area (Å²) in [6, 6.07) is 15.7. The number of carbonyl (C=O) groups excluding carboxylic acids is 1. The van der Waals surface area contributed by atoms with Gasteiger partial charge in [0.2, 0.25) is 0 Å². The van der Waals surface area contributed by atoms with Gasteiger partial charge >= 0.3 is 0 Å². The lowest BCUT2D eigenvalue weighted by atomic mass is 10.1. The second-order valence-electron chi connectivity index (χ2n) is 8.51. The molecule has 5 aromatic rings. The molecule has 0 spiro atoms. The van der Waals surface area contributed by atoms with Crippen LogP contribution >= 0.6 is 10.6 Å². The van der Waals surface area contributed by atoms with Crippen molar-refractivity contribution in [1.82, 2.24) is 15.0 Å². The maximum atomic E-state index is 15.0. The van der Waals surface area contributed by atoms with Gasteiger partial charge in [0.15, 0.2) is 11.6 Å². The van der Waals surface area contributed by atoms with Crippen LogP contribution in [0, 0.1) is 11.6 Å². The SMILES string of the molecule is CO.CS(O)(O)c1c(Oc2ccc(F)c(-c3ncc(C(OCC=O)c4ccccc4)[nH]3)c2)c(F)cc2[nH]ccc12. The minimum Gasteiger partial charge on any atom is -0.452 e. The number of fused-ring (bicyclic) bond motifs is 1. The van der Waals surface area contributed by atoms with Crippen LogP contribution in [-0.2, 0) is 9.53 Å². The van der Waals surface area contributed by atoms with Crippen molar-refractivity contribution < 1.29 is 37.3 Å². The first-order chi connectivity index (χ1) is 19.3. The van der Waals surface area contributed by atoms with Crippen molar-refractivity contribution >= 4 is 27.8 Å². The van der Waals surface area contributed by atoms with Crippen LogP contribution in [0.1, 0.15) is 17.4 Å². The molecule has 0 fully saturated rings. The first kappa shape index (κ1) is 28.9. The Kier molecular flexibility index (Phi) is 8.97. The number of nitrogens with one attached hydrogen (secondary N) is 2. The fourth-order valence-electron chi connectivity index (χ4n) is 4.20. The summed E-state index contributed by atoms with van der Waals surface area (Å²) in [4.78, 5) is 21.0. The number of carbonyl (C=O) groups is 1. The lowest BCUT2D eigenvalue weighted by Crippen LogP contribution is -2.08. The van der Waals surface area contributed by atoms with Crippen LogP contribution in [0.15, 0.2) is 78.0 Å². The van der Waals surface area contributed by atoms with Crippen molar-refractivity contribution in [3.05, 3.63) is 95.9 Å². The van der Waals surface area contributed by atoms with E-state index < -0.39 is 28.3 Å². The van der Waals surface area contributed by atoms with E-state index in [-0.39, 0.29) is 34.4 Å². The van der Waals surface area contributed by atoms with Crippen molar-refractivity contribution in [2.45, 2.75) is 11.0 Å². The molecule has 1 unspecified atom stereocenters. The van der Waals surface area contributed by atoms with E-state index in [0.29, 0.717) is 22.9 Å². The number of hydrogen-bond donors (Lipinski definition) is 5. The van der Waals surface area contributed by atoms with Gasteiger partial charge in [0.1, 0.15) is 41.3 Å². The Bertz CT molecular complexity index is 1600. The summed E-state index contributed by atoms with van der Waals surface area (Å²) in [7, 11) is -2.40. The van der Waals surface area contributed by atoms with Crippen LogP contribution < -0.4 is 4.74 Å².